The van der Waals surface area contributed by atoms with Crippen molar-refractivity contribution in [1.29, 1.82) is 0 Å². The average molecular weight is 680 g/mol. The molecule has 0 bridgehead atoms. The van der Waals surface area contributed by atoms with E-state index in [0.717, 1.165) is 70.2 Å². The van der Waals surface area contributed by atoms with Gasteiger partial charge in [-0.05, 0) is 77.3 Å². The van der Waals surface area contributed by atoms with Crippen molar-refractivity contribution < 1.29 is 4.74 Å². The highest BCUT2D eigenvalue weighted by Gasteiger charge is 2.32. The van der Waals surface area contributed by atoms with Crippen molar-refractivity contribution in [2.45, 2.75) is 45.2 Å². The number of fused-ring (bicyclic) bond motifs is 4. The number of benzene rings is 5. The number of hydrogen-bond acceptors (Lipinski definition) is 4. The molecule has 0 saturated heterocycles. The van der Waals surface area contributed by atoms with Crippen molar-refractivity contribution in [1.82, 2.24) is 4.90 Å². The van der Waals surface area contributed by atoms with Gasteiger partial charge in [0.2, 0.25) is 0 Å². The van der Waals surface area contributed by atoms with Gasteiger partial charge in [0.05, 0.1) is 0 Å². The highest BCUT2D eigenvalue weighted by Crippen LogP contribution is 2.41. The number of aliphatic imine (C=N–C) groups is 2. The van der Waals surface area contributed by atoms with Gasteiger partial charge in [-0.2, -0.15) is 0 Å². The molecule has 4 nitrogen and oxygen atoms in total. The van der Waals surface area contributed by atoms with Gasteiger partial charge in [-0.15, -0.1) is 0 Å². The third-order valence-corrected chi connectivity index (χ3v) is 10.6. The fourth-order valence-corrected chi connectivity index (χ4v) is 7.69. The lowest BCUT2D eigenvalue weighted by molar-refractivity contribution is 0.357. The van der Waals surface area contributed by atoms with Crippen LogP contribution in [0.2, 0.25) is 0 Å². The number of hydrogen-bond donors (Lipinski definition) is 0. The van der Waals surface area contributed by atoms with Crippen LogP contribution in [-0.4, -0.2) is 23.6 Å². The summed E-state index contributed by atoms with van der Waals surface area (Å²) in [5.41, 5.74) is 9.23. The SMILES string of the molecule is CC1/C=C\CCCc2ccccc2-c2cc(-c3cccc(C4=NC(c5ccccc5)N(C)C(C5C=CC=CC5C)=N4)c3)ccc2Oc2ccccc21. The number of amidine groups is 2. The fraction of sp³-hybridized carbons (Fsp3) is 0.208. The lowest BCUT2D eigenvalue weighted by Gasteiger charge is -2.37. The molecule has 0 amide bonds. The Hall–Kier alpha value is -5.74. The highest BCUT2D eigenvalue weighted by molar-refractivity contribution is 6.09. The summed E-state index contributed by atoms with van der Waals surface area (Å²) in [5.74, 6) is 4.30. The number of nitrogens with zero attached hydrogens (tertiary/aromatic N) is 3. The molecule has 4 heteroatoms. The molecular formula is C48H45N3O. The maximum Gasteiger partial charge on any atom is 0.159 e. The van der Waals surface area contributed by atoms with E-state index in [1.807, 2.05) is 0 Å². The predicted octanol–water partition coefficient (Wildman–Crippen LogP) is 12.0. The average Bonchev–Trinajstić information content (AvgIpc) is 3.20. The molecule has 1 aliphatic carbocycles. The largest absolute Gasteiger partial charge is 0.456 e. The van der Waals surface area contributed by atoms with Crippen LogP contribution >= 0.6 is 0 Å². The third kappa shape index (κ3) is 6.81. The van der Waals surface area contributed by atoms with Crippen LogP contribution in [0.25, 0.3) is 22.3 Å². The van der Waals surface area contributed by atoms with Crippen molar-refractivity contribution in [3.8, 4) is 33.8 Å². The molecule has 0 radical (unpaired) electrons. The fourth-order valence-electron chi connectivity index (χ4n) is 7.69. The third-order valence-electron chi connectivity index (χ3n) is 10.6. The molecule has 2 aliphatic heterocycles. The Morgan fingerprint density at radius 1 is 0.673 bits per heavy atom. The van der Waals surface area contributed by atoms with Crippen molar-refractivity contribution in [2.24, 2.45) is 21.8 Å². The van der Waals surface area contributed by atoms with E-state index in [1.165, 1.54) is 16.7 Å². The van der Waals surface area contributed by atoms with Gasteiger partial charge >= 0.3 is 0 Å². The quantitative estimate of drug-likeness (QED) is 0.177. The first-order valence-corrected chi connectivity index (χ1v) is 18.6. The second kappa shape index (κ2) is 14.9. The molecule has 0 spiro atoms. The van der Waals surface area contributed by atoms with E-state index in [-0.39, 0.29) is 18.0 Å². The molecule has 0 fully saturated rings. The monoisotopic (exact) mass is 679 g/mol. The van der Waals surface area contributed by atoms with Gasteiger partial charge in [0.1, 0.15) is 23.5 Å². The molecule has 4 unspecified atom stereocenters. The second-order valence-corrected chi connectivity index (χ2v) is 14.2. The van der Waals surface area contributed by atoms with Gasteiger partial charge in [0.25, 0.3) is 0 Å². The Balaban J connectivity index is 1.22. The Kier molecular flexibility index (Phi) is 9.54. The Morgan fingerprint density at radius 2 is 1.44 bits per heavy atom. The van der Waals surface area contributed by atoms with E-state index in [2.05, 4.69) is 184 Å². The lowest BCUT2D eigenvalue weighted by atomic mass is 9.87. The van der Waals surface area contributed by atoms with Gasteiger partial charge < -0.3 is 9.64 Å². The second-order valence-electron chi connectivity index (χ2n) is 14.2. The van der Waals surface area contributed by atoms with E-state index >= 15 is 0 Å². The zero-order valence-corrected chi connectivity index (χ0v) is 30.2. The summed E-state index contributed by atoms with van der Waals surface area (Å²) in [6.45, 7) is 4.51. The first kappa shape index (κ1) is 33.4. The van der Waals surface area contributed by atoms with Gasteiger partial charge in [-0.25, -0.2) is 9.98 Å². The Labute approximate surface area is 308 Å². The van der Waals surface area contributed by atoms with Gasteiger partial charge in [0, 0.05) is 35.6 Å². The minimum absolute atomic E-state index is 0.165. The van der Waals surface area contributed by atoms with Gasteiger partial charge in [0.15, 0.2) is 5.84 Å². The molecule has 52 heavy (non-hydrogen) atoms. The summed E-state index contributed by atoms with van der Waals surface area (Å²) < 4.78 is 6.85. The summed E-state index contributed by atoms with van der Waals surface area (Å²) in [6, 6.07) is 43.1. The lowest BCUT2D eigenvalue weighted by Crippen LogP contribution is -2.41. The summed E-state index contributed by atoms with van der Waals surface area (Å²) in [5, 5.41) is 0. The molecule has 258 valence electrons. The molecule has 5 aromatic carbocycles. The number of para-hydroxylation sites is 1. The van der Waals surface area contributed by atoms with E-state index in [0.29, 0.717) is 5.92 Å². The van der Waals surface area contributed by atoms with E-state index in [1.54, 1.807) is 0 Å². The highest BCUT2D eigenvalue weighted by atomic mass is 16.5. The maximum atomic E-state index is 6.85. The molecule has 0 saturated carbocycles. The van der Waals surface area contributed by atoms with Crippen LogP contribution in [0.4, 0.5) is 0 Å². The van der Waals surface area contributed by atoms with Crippen LogP contribution in [0.5, 0.6) is 11.5 Å². The van der Waals surface area contributed by atoms with Gasteiger partial charge in [-0.1, -0.05) is 147 Å². The van der Waals surface area contributed by atoms with Crippen molar-refractivity contribution in [3.05, 3.63) is 180 Å². The van der Waals surface area contributed by atoms with Crippen molar-refractivity contribution >= 4 is 11.7 Å². The molecular weight excluding hydrogens is 635 g/mol. The predicted molar refractivity (Wildman–Crippen MR) is 216 cm³/mol. The molecule has 8 rings (SSSR count). The molecule has 4 atom stereocenters. The van der Waals surface area contributed by atoms with Crippen LogP contribution < -0.4 is 4.74 Å². The minimum Gasteiger partial charge on any atom is -0.456 e. The van der Waals surface area contributed by atoms with Crippen molar-refractivity contribution in [3.63, 3.8) is 0 Å². The number of ether oxygens (including phenoxy) is 1. The normalized spacial score (nSPS) is 21.9. The molecule has 5 aromatic rings. The van der Waals surface area contributed by atoms with Crippen LogP contribution in [0.1, 0.15) is 61.0 Å². The number of allylic oxidation sites excluding steroid dienone is 5. The maximum absolute atomic E-state index is 6.85. The minimum atomic E-state index is -0.171. The summed E-state index contributed by atoms with van der Waals surface area (Å²) in [4.78, 5) is 12.8. The summed E-state index contributed by atoms with van der Waals surface area (Å²) >= 11 is 0. The number of aryl methyl sites for hydroxylation is 1. The van der Waals surface area contributed by atoms with Crippen LogP contribution in [0, 0.1) is 11.8 Å². The molecule has 0 aromatic heterocycles. The van der Waals surface area contributed by atoms with Crippen LogP contribution in [0.3, 0.4) is 0 Å². The van der Waals surface area contributed by atoms with Crippen LogP contribution in [0.15, 0.2) is 168 Å². The zero-order chi connectivity index (χ0) is 35.4. The van der Waals surface area contributed by atoms with E-state index in [4.69, 9.17) is 14.7 Å². The Morgan fingerprint density at radius 3 is 2.33 bits per heavy atom. The topological polar surface area (TPSA) is 37.2 Å². The number of rotatable bonds is 4. The Bertz CT molecular complexity index is 2230. The van der Waals surface area contributed by atoms with E-state index in [9.17, 15) is 0 Å². The van der Waals surface area contributed by atoms with Crippen molar-refractivity contribution in [2.75, 3.05) is 7.05 Å². The summed E-state index contributed by atoms with van der Waals surface area (Å²) in [7, 11) is 2.12. The molecule has 0 N–H and O–H groups in total. The smallest absolute Gasteiger partial charge is 0.159 e. The van der Waals surface area contributed by atoms with Gasteiger partial charge in [-0.3, -0.25) is 0 Å². The molecule has 2 heterocycles. The first-order valence-electron chi connectivity index (χ1n) is 18.6. The zero-order valence-electron chi connectivity index (χ0n) is 30.2. The molecule has 3 aliphatic rings. The summed E-state index contributed by atoms with van der Waals surface area (Å²) in [6.07, 6.45) is 16.4. The first-order chi connectivity index (χ1) is 25.5. The standard InChI is InChI=1S/C48H45N3O/c1-33-17-6-4-7-19-35-20-11-13-27-42(35)43-32-38(29-30-45(43)52-44-28-15-14-25-40(33)44)37-23-16-24-39(31-37)46-49-47(36-21-8-5-9-22-36)51(3)48(50-46)41-26-12-10-18-34(41)2/h5-6,8-18,20-34,41,47H,4,7,19H2,1-3H3/b17-6-. The van der Waals surface area contributed by atoms with Crippen LogP contribution in [-0.2, 0) is 6.42 Å². The van der Waals surface area contributed by atoms with E-state index < -0.39 is 0 Å².